The van der Waals surface area contributed by atoms with Crippen molar-refractivity contribution in [2.75, 3.05) is 39.4 Å². The van der Waals surface area contributed by atoms with Gasteiger partial charge in [-0.3, -0.25) is 4.79 Å². The lowest BCUT2D eigenvalue weighted by molar-refractivity contribution is -0.123. The monoisotopic (exact) mass is 306 g/mol. The highest BCUT2D eigenvalue weighted by Crippen LogP contribution is 2.15. The van der Waals surface area contributed by atoms with Gasteiger partial charge in [0.2, 0.25) is 0 Å². The van der Waals surface area contributed by atoms with Crippen LogP contribution in [0.15, 0.2) is 24.3 Å². The molecule has 1 aliphatic rings. The molecule has 22 heavy (non-hydrogen) atoms. The maximum atomic E-state index is 11.8. The number of aliphatic hydroxyl groups excluding tert-OH is 1. The molecule has 122 valence electrons. The Kier molecular flexibility index (Phi) is 6.68. The molecule has 0 bridgehead atoms. The van der Waals surface area contributed by atoms with E-state index in [9.17, 15) is 9.90 Å². The third-order valence-corrected chi connectivity index (χ3v) is 3.97. The Morgan fingerprint density at radius 3 is 3.14 bits per heavy atom. The molecule has 2 N–H and O–H groups in total. The van der Waals surface area contributed by atoms with E-state index in [4.69, 9.17) is 4.74 Å². The fourth-order valence-electron chi connectivity index (χ4n) is 2.76. The smallest absolute Gasteiger partial charge is 0.257 e. The van der Waals surface area contributed by atoms with Crippen LogP contribution in [0.4, 0.5) is 0 Å². The average Bonchev–Trinajstić information content (AvgIpc) is 2.53. The second-order valence-corrected chi connectivity index (χ2v) is 5.95. The first-order chi connectivity index (χ1) is 10.7. The van der Waals surface area contributed by atoms with Gasteiger partial charge in [-0.15, -0.1) is 0 Å². The van der Waals surface area contributed by atoms with Gasteiger partial charge in [0.1, 0.15) is 5.75 Å². The van der Waals surface area contributed by atoms with Crippen LogP contribution in [-0.4, -0.2) is 55.3 Å². The topological polar surface area (TPSA) is 61.8 Å². The van der Waals surface area contributed by atoms with Gasteiger partial charge in [-0.05, 0) is 49.9 Å². The SMILES string of the molecule is Cc1cccc(OCC(=O)NCCN2CCC[C@H](CO)C2)c1. The summed E-state index contributed by atoms with van der Waals surface area (Å²) in [5.41, 5.74) is 1.11. The normalized spacial score (nSPS) is 18.9. The van der Waals surface area contributed by atoms with Gasteiger partial charge in [-0.25, -0.2) is 0 Å². The number of rotatable bonds is 7. The van der Waals surface area contributed by atoms with Gasteiger partial charge in [0.25, 0.3) is 5.91 Å². The number of piperidine rings is 1. The van der Waals surface area contributed by atoms with Gasteiger partial charge in [-0.2, -0.15) is 0 Å². The van der Waals surface area contributed by atoms with E-state index in [1.807, 2.05) is 31.2 Å². The van der Waals surface area contributed by atoms with E-state index in [1.165, 1.54) is 0 Å². The minimum Gasteiger partial charge on any atom is -0.484 e. The number of hydrogen-bond acceptors (Lipinski definition) is 4. The highest BCUT2D eigenvalue weighted by atomic mass is 16.5. The first kappa shape index (κ1) is 16.8. The summed E-state index contributed by atoms with van der Waals surface area (Å²) in [5, 5.41) is 12.1. The number of benzene rings is 1. The Morgan fingerprint density at radius 2 is 2.36 bits per heavy atom. The zero-order chi connectivity index (χ0) is 15.8. The standard InChI is InChI=1S/C17H26N2O3/c1-14-4-2-6-16(10-14)22-13-17(21)18-7-9-19-8-3-5-15(11-19)12-20/h2,4,6,10,15,20H,3,5,7-9,11-13H2,1H3,(H,18,21)/t15-/m0/s1. The summed E-state index contributed by atoms with van der Waals surface area (Å²) in [7, 11) is 0. The lowest BCUT2D eigenvalue weighted by atomic mass is 9.99. The van der Waals surface area contributed by atoms with Crippen LogP contribution in [0, 0.1) is 12.8 Å². The summed E-state index contributed by atoms with van der Waals surface area (Å²) in [6.45, 7) is 5.71. The largest absolute Gasteiger partial charge is 0.484 e. The third-order valence-electron chi connectivity index (χ3n) is 3.97. The number of hydrogen-bond donors (Lipinski definition) is 2. The number of carbonyl (C=O) groups excluding carboxylic acids is 1. The molecule has 1 aromatic carbocycles. The van der Waals surface area contributed by atoms with Crippen molar-refractivity contribution in [1.82, 2.24) is 10.2 Å². The fraction of sp³-hybridized carbons (Fsp3) is 0.588. The van der Waals surface area contributed by atoms with Crippen LogP contribution < -0.4 is 10.1 Å². The summed E-state index contributed by atoms with van der Waals surface area (Å²) in [6, 6.07) is 7.67. The van der Waals surface area contributed by atoms with Crippen LogP contribution in [0.25, 0.3) is 0 Å². The second-order valence-electron chi connectivity index (χ2n) is 5.95. The molecule has 1 heterocycles. The molecule has 0 unspecified atom stereocenters. The summed E-state index contributed by atoms with van der Waals surface area (Å²) >= 11 is 0. The van der Waals surface area contributed by atoms with E-state index in [1.54, 1.807) is 0 Å². The van der Waals surface area contributed by atoms with Crippen molar-refractivity contribution in [2.24, 2.45) is 5.92 Å². The molecule has 0 radical (unpaired) electrons. The molecule has 0 aromatic heterocycles. The molecular weight excluding hydrogens is 280 g/mol. The molecule has 2 rings (SSSR count). The van der Waals surface area contributed by atoms with E-state index in [2.05, 4.69) is 10.2 Å². The number of aliphatic hydroxyl groups is 1. The van der Waals surface area contributed by atoms with E-state index < -0.39 is 0 Å². The summed E-state index contributed by atoms with van der Waals surface area (Å²) in [5.74, 6) is 1.00. The number of nitrogens with zero attached hydrogens (tertiary/aromatic N) is 1. The van der Waals surface area contributed by atoms with E-state index in [0.717, 1.165) is 43.8 Å². The fourth-order valence-corrected chi connectivity index (χ4v) is 2.76. The van der Waals surface area contributed by atoms with Crippen LogP contribution in [0.3, 0.4) is 0 Å². The molecule has 5 heteroatoms. The van der Waals surface area contributed by atoms with Crippen LogP contribution in [0.1, 0.15) is 18.4 Å². The van der Waals surface area contributed by atoms with E-state index in [0.29, 0.717) is 12.5 Å². The Labute approximate surface area is 132 Å². The van der Waals surface area contributed by atoms with Gasteiger partial charge < -0.3 is 20.1 Å². The second kappa shape index (κ2) is 8.76. The lowest BCUT2D eigenvalue weighted by Crippen LogP contribution is -2.42. The highest BCUT2D eigenvalue weighted by molar-refractivity contribution is 5.77. The molecule has 1 fully saturated rings. The minimum atomic E-state index is -0.0998. The quantitative estimate of drug-likeness (QED) is 0.794. The van der Waals surface area contributed by atoms with Crippen LogP contribution in [0.2, 0.25) is 0 Å². The van der Waals surface area contributed by atoms with Gasteiger partial charge in [0.05, 0.1) is 0 Å². The first-order valence-corrected chi connectivity index (χ1v) is 7.97. The molecule has 1 amide bonds. The number of ether oxygens (including phenoxy) is 1. The maximum Gasteiger partial charge on any atom is 0.257 e. The Hall–Kier alpha value is -1.59. The molecule has 0 aliphatic carbocycles. The summed E-state index contributed by atoms with van der Waals surface area (Å²) < 4.78 is 5.47. The van der Waals surface area contributed by atoms with Crippen molar-refractivity contribution in [3.63, 3.8) is 0 Å². The first-order valence-electron chi connectivity index (χ1n) is 7.97. The molecule has 1 saturated heterocycles. The molecule has 5 nitrogen and oxygen atoms in total. The number of carbonyl (C=O) groups is 1. The van der Waals surface area contributed by atoms with Crippen molar-refractivity contribution in [2.45, 2.75) is 19.8 Å². The predicted octanol–water partition coefficient (Wildman–Crippen LogP) is 1.19. The van der Waals surface area contributed by atoms with E-state index in [-0.39, 0.29) is 19.1 Å². The summed E-state index contributed by atoms with van der Waals surface area (Å²) in [4.78, 5) is 14.1. The molecular formula is C17H26N2O3. The van der Waals surface area contributed by atoms with Crippen molar-refractivity contribution < 1.29 is 14.6 Å². The molecule has 1 aromatic rings. The molecule has 1 atom stereocenters. The zero-order valence-electron chi connectivity index (χ0n) is 13.3. The van der Waals surface area contributed by atoms with Crippen molar-refractivity contribution in [3.05, 3.63) is 29.8 Å². The zero-order valence-corrected chi connectivity index (χ0v) is 13.3. The Balaban J connectivity index is 1.61. The van der Waals surface area contributed by atoms with Gasteiger partial charge in [0, 0.05) is 26.2 Å². The van der Waals surface area contributed by atoms with Gasteiger partial charge >= 0.3 is 0 Å². The van der Waals surface area contributed by atoms with Crippen LogP contribution in [0.5, 0.6) is 5.75 Å². The molecule has 1 aliphatic heterocycles. The Bertz CT molecular complexity index is 479. The predicted molar refractivity (Wildman–Crippen MR) is 85.9 cm³/mol. The number of likely N-dealkylation sites (tertiary alicyclic amines) is 1. The van der Waals surface area contributed by atoms with Crippen LogP contribution in [-0.2, 0) is 4.79 Å². The van der Waals surface area contributed by atoms with Crippen molar-refractivity contribution in [1.29, 1.82) is 0 Å². The minimum absolute atomic E-state index is 0.0444. The lowest BCUT2D eigenvalue weighted by Gasteiger charge is -2.31. The highest BCUT2D eigenvalue weighted by Gasteiger charge is 2.18. The maximum absolute atomic E-state index is 11.8. The number of nitrogens with one attached hydrogen (secondary N) is 1. The summed E-state index contributed by atoms with van der Waals surface area (Å²) in [6.07, 6.45) is 2.22. The number of amides is 1. The molecule has 0 saturated carbocycles. The van der Waals surface area contributed by atoms with Gasteiger partial charge in [0.15, 0.2) is 6.61 Å². The van der Waals surface area contributed by atoms with Gasteiger partial charge in [-0.1, -0.05) is 12.1 Å². The average molecular weight is 306 g/mol. The van der Waals surface area contributed by atoms with Crippen molar-refractivity contribution >= 4 is 5.91 Å². The van der Waals surface area contributed by atoms with Crippen LogP contribution >= 0.6 is 0 Å². The van der Waals surface area contributed by atoms with Crippen molar-refractivity contribution in [3.8, 4) is 5.75 Å². The number of aryl methyl sites for hydroxylation is 1. The third kappa shape index (κ3) is 5.66. The Morgan fingerprint density at radius 1 is 1.50 bits per heavy atom. The molecule has 0 spiro atoms. The van der Waals surface area contributed by atoms with E-state index >= 15 is 0 Å².